The fraction of sp³-hybridized carbons (Fsp3) is 0.375. The Kier molecular flexibility index (Phi) is 4.63. The molecule has 6 heteroatoms. The largest absolute Gasteiger partial charge is 0.372 e. The third-order valence-corrected chi connectivity index (χ3v) is 6.94. The van der Waals surface area contributed by atoms with Crippen molar-refractivity contribution >= 4 is 21.4 Å². The number of hydrogen-bond donors (Lipinski definition) is 1. The highest BCUT2D eigenvalue weighted by atomic mass is 32.2. The maximum Gasteiger partial charge on any atom is 0.250 e. The van der Waals surface area contributed by atoms with Gasteiger partial charge in [0.25, 0.3) is 0 Å². The zero-order chi connectivity index (χ0) is 15.6. The molecule has 1 aliphatic rings. The number of rotatable bonds is 5. The molecule has 0 bridgehead atoms. The zero-order valence-corrected chi connectivity index (χ0v) is 14.0. The van der Waals surface area contributed by atoms with E-state index >= 15 is 0 Å². The summed E-state index contributed by atoms with van der Waals surface area (Å²) in [5.74, 6) is 0. The van der Waals surface area contributed by atoms with Gasteiger partial charge in [0.2, 0.25) is 10.0 Å². The Morgan fingerprint density at radius 2 is 2.00 bits per heavy atom. The summed E-state index contributed by atoms with van der Waals surface area (Å²) in [7, 11) is -3.44. The minimum atomic E-state index is -3.44. The lowest BCUT2D eigenvalue weighted by atomic mass is 9.99. The van der Waals surface area contributed by atoms with Gasteiger partial charge in [-0.2, -0.15) is 0 Å². The Balaban J connectivity index is 1.63. The van der Waals surface area contributed by atoms with Crippen LogP contribution in [-0.2, 0) is 34.2 Å². The SMILES string of the molecule is CCc1ccc(S(=O)(=O)NCC2Cc3ccccc3CO2)s1. The van der Waals surface area contributed by atoms with Gasteiger partial charge in [-0.15, -0.1) is 11.3 Å². The average Bonchev–Trinajstić information content (AvgIpc) is 3.03. The van der Waals surface area contributed by atoms with Gasteiger partial charge in [0.1, 0.15) is 4.21 Å². The molecule has 0 aliphatic carbocycles. The van der Waals surface area contributed by atoms with E-state index < -0.39 is 10.0 Å². The highest BCUT2D eigenvalue weighted by Gasteiger charge is 2.22. The second-order valence-electron chi connectivity index (χ2n) is 5.33. The minimum Gasteiger partial charge on any atom is -0.372 e. The average molecular weight is 337 g/mol. The molecule has 2 aromatic rings. The van der Waals surface area contributed by atoms with Crippen molar-refractivity contribution in [3.05, 3.63) is 52.4 Å². The van der Waals surface area contributed by atoms with Gasteiger partial charge in [0.05, 0.1) is 12.7 Å². The molecular formula is C16H19NO3S2. The van der Waals surface area contributed by atoms with Crippen molar-refractivity contribution in [1.82, 2.24) is 4.72 Å². The van der Waals surface area contributed by atoms with Crippen LogP contribution >= 0.6 is 11.3 Å². The van der Waals surface area contributed by atoms with Gasteiger partial charge in [-0.05, 0) is 29.7 Å². The molecule has 2 heterocycles. The summed E-state index contributed by atoms with van der Waals surface area (Å²) < 4.78 is 33.4. The van der Waals surface area contributed by atoms with Crippen molar-refractivity contribution in [2.75, 3.05) is 6.54 Å². The topological polar surface area (TPSA) is 55.4 Å². The number of aryl methyl sites for hydroxylation is 1. The Labute approximate surface area is 135 Å². The summed E-state index contributed by atoms with van der Waals surface area (Å²) >= 11 is 1.32. The van der Waals surface area contributed by atoms with Crippen LogP contribution in [0.3, 0.4) is 0 Å². The lowest BCUT2D eigenvalue weighted by Gasteiger charge is -2.25. The van der Waals surface area contributed by atoms with Gasteiger partial charge >= 0.3 is 0 Å². The number of sulfonamides is 1. The molecule has 1 N–H and O–H groups in total. The second-order valence-corrected chi connectivity index (χ2v) is 8.49. The molecule has 0 fully saturated rings. The van der Waals surface area contributed by atoms with E-state index in [1.54, 1.807) is 6.07 Å². The first-order chi connectivity index (χ1) is 10.6. The van der Waals surface area contributed by atoms with Crippen molar-refractivity contribution < 1.29 is 13.2 Å². The van der Waals surface area contributed by atoms with Crippen LogP contribution in [0.1, 0.15) is 22.9 Å². The summed E-state index contributed by atoms with van der Waals surface area (Å²) in [4.78, 5) is 1.07. The number of benzene rings is 1. The van der Waals surface area contributed by atoms with E-state index in [0.717, 1.165) is 17.7 Å². The van der Waals surface area contributed by atoms with Crippen LogP contribution in [0.5, 0.6) is 0 Å². The van der Waals surface area contributed by atoms with Crippen LogP contribution in [0.25, 0.3) is 0 Å². The first-order valence-electron chi connectivity index (χ1n) is 7.35. The van der Waals surface area contributed by atoms with Crippen LogP contribution < -0.4 is 4.72 Å². The van der Waals surface area contributed by atoms with E-state index in [4.69, 9.17) is 4.74 Å². The molecule has 0 amide bonds. The van der Waals surface area contributed by atoms with E-state index in [2.05, 4.69) is 10.8 Å². The third kappa shape index (κ3) is 3.41. The Hall–Kier alpha value is -1.21. The van der Waals surface area contributed by atoms with Crippen molar-refractivity contribution in [3.63, 3.8) is 0 Å². The van der Waals surface area contributed by atoms with E-state index in [1.807, 2.05) is 31.2 Å². The molecule has 4 nitrogen and oxygen atoms in total. The van der Waals surface area contributed by atoms with Crippen molar-refractivity contribution in [1.29, 1.82) is 0 Å². The molecule has 0 spiro atoms. The van der Waals surface area contributed by atoms with E-state index in [-0.39, 0.29) is 6.10 Å². The lowest BCUT2D eigenvalue weighted by molar-refractivity contribution is 0.0322. The molecule has 1 aliphatic heterocycles. The lowest BCUT2D eigenvalue weighted by Crippen LogP contribution is -2.36. The summed E-state index contributed by atoms with van der Waals surface area (Å²) in [5.41, 5.74) is 2.43. The molecule has 1 aromatic carbocycles. The Morgan fingerprint density at radius 3 is 2.73 bits per heavy atom. The van der Waals surface area contributed by atoms with Crippen LogP contribution in [0.15, 0.2) is 40.6 Å². The first kappa shape index (κ1) is 15.7. The predicted molar refractivity (Wildman–Crippen MR) is 87.6 cm³/mol. The number of ether oxygens (including phenoxy) is 1. The molecule has 1 aromatic heterocycles. The molecule has 118 valence electrons. The molecule has 22 heavy (non-hydrogen) atoms. The van der Waals surface area contributed by atoms with Gasteiger partial charge < -0.3 is 4.74 Å². The normalized spacial score (nSPS) is 18.1. The molecule has 0 radical (unpaired) electrons. The molecular weight excluding hydrogens is 318 g/mol. The monoisotopic (exact) mass is 337 g/mol. The van der Waals surface area contributed by atoms with Crippen molar-refractivity contribution in [2.24, 2.45) is 0 Å². The molecule has 0 saturated heterocycles. The second kappa shape index (κ2) is 6.50. The van der Waals surface area contributed by atoms with E-state index in [9.17, 15) is 8.42 Å². The molecule has 1 unspecified atom stereocenters. The van der Waals surface area contributed by atoms with Crippen LogP contribution in [-0.4, -0.2) is 21.1 Å². The predicted octanol–water partition coefficient (Wildman–Crippen LogP) is 2.73. The first-order valence-corrected chi connectivity index (χ1v) is 9.65. The maximum atomic E-state index is 12.3. The van der Waals surface area contributed by atoms with Gasteiger partial charge in [0, 0.05) is 17.8 Å². The number of thiophene rings is 1. The van der Waals surface area contributed by atoms with E-state index in [0.29, 0.717) is 17.4 Å². The number of hydrogen-bond acceptors (Lipinski definition) is 4. The zero-order valence-electron chi connectivity index (χ0n) is 12.4. The fourth-order valence-electron chi connectivity index (χ4n) is 2.51. The smallest absolute Gasteiger partial charge is 0.250 e. The van der Waals surface area contributed by atoms with Gasteiger partial charge in [-0.3, -0.25) is 0 Å². The van der Waals surface area contributed by atoms with Crippen LogP contribution in [0, 0.1) is 0 Å². The highest BCUT2D eigenvalue weighted by molar-refractivity contribution is 7.91. The van der Waals surface area contributed by atoms with Crippen LogP contribution in [0.4, 0.5) is 0 Å². The van der Waals surface area contributed by atoms with E-state index in [1.165, 1.54) is 22.5 Å². The standard InChI is InChI=1S/C16H19NO3S2/c1-2-15-7-8-16(21-15)22(18,19)17-10-14-9-12-5-3-4-6-13(12)11-20-14/h3-8,14,17H,2,9-11H2,1H3. The van der Waals surface area contributed by atoms with Gasteiger partial charge in [-0.25, -0.2) is 13.1 Å². The minimum absolute atomic E-state index is 0.115. The Bertz CT molecular complexity index is 752. The van der Waals surface area contributed by atoms with Crippen molar-refractivity contribution in [2.45, 2.75) is 36.7 Å². The third-order valence-electron chi connectivity index (χ3n) is 3.79. The quantitative estimate of drug-likeness (QED) is 0.913. The highest BCUT2D eigenvalue weighted by Crippen LogP contribution is 2.23. The summed E-state index contributed by atoms with van der Waals surface area (Å²) in [5, 5.41) is 0. The summed E-state index contributed by atoms with van der Waals surface area (Å²) in [6.45, 7) is 2.86. The Morgan fingerprint density at radius 1 is 1.23 bits per heavy atom. The molecule has 3 rings (SSSR count). The molecule has 1 atom stereocenters. The summed E-state index contributed by atoms with van der Waals surface area (Å²) in [6.07, 6.45) is 1.47. The number of nitrogens with one attached hydrogen (secondary N) is 1. The van der Waals surface area contributed by atoms with Crippen LogP contribution in [0.2, 0.25) is 0 Å². The van der Waals surface area contributed by atoms with Gasteiger partial charge in [0.15, 0.2) is 0 Å². The fourth-order valence-corrected chi connectivity index (χ4v) is 4.91. The molecule has 0 saturated carbocycles. The summed E-state index contributed by atoms with van der Waals surface area (Å²) in [6, 6.07) is 11.7. The maximum absolute atomic E-state index is 12.3. The van der Waals surface area contributed by atoms with Crippen molar-refractivity contribution in [3.8, 4) is 0 Å². The number of fused-ring (bicyclic) bond motifs is 1. The van der Waals surface area contributed by atoms with Gasteiger partial charge in [-0.1, -0.05) is 31.2 Å².